The Morgan fingerprint density at radius 3 is 2.50 bits per heavy atom. The third-order valence-corrected chi connectivity index (χ3v) is 2.29. The van der Waals surface area contributed by atoms with Crippen LogP contribution in [-0.4, -0.2) is 5.78 Å². The van der Waals surface area contributed by atoms with Crippen molar-refractivity contribution < 1.29 is 9.18 Å². The lowest BCUT2D eigenvalue weighted by Gasteiger charge is -2.24. The fraction of sp³-hybridized carbons (Fsp3) is 0.300. The molecule has 0 atom stereocenters. The van der Waals surface area contributed by atoms with E-state index in [9.17, 15) is 9.18 Å². The summed E-state index contributed by atoms with van der Waals surface area (Å²) in [6, 6.07) is 6.67. The van der Waals surface area contributed by atoms with Gasteiger partial charge in [-0.3, -0.25) is 4.79 Å². The molecule has 0 saturated heterocycles. The Morgan fingerprint density at radius 2 is 1.92 bits per heavy atom. The van der Waals surface area contributed by atoms with Crippen LogP contribution in [0.2, 0.25) is 0 Å². The van der Waals surface area contributed by atoms with Crippen molar-refractivity contribution in [3.63, 3.8) is 0 Å². The molecule has 0 N–H and O–H groups in total. The first kappa shape index (κ1) is 7.47. The highest BCUT2D eigenvalue weighted by Gasteiger charge is 2.29. The lowest BCUT2D eigenvalue weighted by atomic mass is 9.79. The third-order valence-electron chi connectivity index (χ3n) is 2.29. The summed E-state index contributed by atoms with van der Waals surface area (Å²) in [7, 11) is 0. The van der Waals surface area contributed by atoms with Gasteiger partial charge in [0.1, 0.15) is 11.6 Å². The Morgan fingerprint density at radius 1 is 1.25 bits per heavy atom. The lowest BCUT2D eigenvalue weighted by Crippen LogP contribution is -2.21. The number of ketones is 1. The second-order valence-electron chi connectivity index (χ2n) is 3.17. The number of carbonyl (C=O) groups excluding carboxylic acids is 1. The average Bonchev–Trinajstić information content (AvgIpc) is 2.01. The third kappa shape index (κ3) is 1.13. The van der Waals surface area contributed by atoms with Crippen molar-refractivity contribution in [3.8, 4) is 0 Å². The first-order valence-electron chi connectivity index (χ1n) is 4.03. The van der Waals surface area contributed by atoms with Gasteiger partial charge in [0.15, 0.2) is 0 Å². The van der Waals surface area contributed by atoms with Crippen LogP contribution in [0.4, 0.5) is 4.39 Å². The maximum Gasteiger partial charge on any atom is 0.134 e. The highest BCUT2D eigenvalue weighted by Crippen LogP contribution is 2.34. The first-order valence-corrected chi connectivity index (χ1v) is 4.03. The normalized spacial score (nSPS) is 17.6. The van der Waals surface area contributed by atoms with E-state index in [0.29, 0.717) is 18.4 Å². The summed E-state index contributed by atoms with van der Waals surface area (Å²) in [6.07, 6.45) is 1.03. The average molecular weight is 164 g/mol. The summed E-state index contributed by atoms with van der Waals surface area (Å²) < 4.78 is 13.1. The smallest absolute Gasteiger partial charge is 0.134 e. The standard InChI is InChI=1S/C10H9FO/c11-10-4-2-1-3-9(10)7-5-8(12)6-7/h1-4,7H,5-6H2. The molecular weight excluding hydrogens is 155 g/mol. The molecule has 0 aliphatic heterocycles. The SMILES string of the molecule is O=C1CC(c2ccccc2F)C1. The molecule has 1 aromatic carbocycles. The van der Waals surface area contributed by atoms with E-state index in [1.165, 1.54) is 6.07 Å². The molecule has 0 spiro atoms. The molecule has 0 amide bonds. The number of Topliss-reactive ketones (excluding diaryl/α,β-unsaturated/α-hetero) is 1. The molecule has 0 aromatic heterocycles. The molecule has 2 rings (SSSR count). The van der Waals surface area contributed by atoms with E-state index in [4.69, 9.17) is 0 Å². The maximum absolute atomic E-state index is 13.1. The van der Waals surface area contributed by atoms with Gasteiger partial charge in [0, 0.05) is 18.8 Å². The Hall–Kier alpha value is -1.18. The van der Waals surface area contributed by atoms with Crippen molar-refractivity contribution in [1.82, 2.24) is 0 Å². The molecule has 1 nitrogen and oxygen atoms in total. The zero-order valence-electron chi connectivity index (χ0n) is 6.59. The van der Waals surface area contributed by atoms with E-state index in [0.717, 1.165) is 0 Å². The molecular formula is C10H9FO. The fourth-order valence-corrected chi connectivity index (χ4v) is 1.52. The van der Waals surface area contributed by atoms with Gasteiger partial charge in [-0.2, -0.15) is 0 Å². The molecule has 62 valence electrons. The number of hydrogen-bond donors (Lipinski definition) is 0. The van der Waals surface area contributed by atoms with E-state index in [2.05, 4.69) is 0 Å². The van der Waals surface area contributed by atoms with Crippen LogP contribution in [0.25, 0.3) is 0 Å². The minimum absolute atomic E-state index is 0.138. The van der Waals surface area contributed by atoms with Crippen molar-refractivity contribution >= 4 is 5.78 Å². The molecule has 1 aliphatic carbocycles. The van der Waals surface area contributed by atoms with Gasteiger partial charge in [0.25, 0.3) is 0 Å². The first-order chi connectivity index (χ1) is 5.77. The summed E-state index contributed by atoms with van der Waals surface area (Å²) in [4.78, 5) is 10.7. The molecule has 1 saturated carbocycles. The maximum atomic E-state index is 13.1. The summed E-state index contributed by atoms with van der Waals surface area (Å²) in [5, 5.41) is 0. The highest BCUT2D eigenvalue weighted by molar-refractivity contribution is 5.86. The van der Waals surface area contributed by atoms with Gasteiger partial charge in [0.2, 0.25) is 0 Å². The van der Waals surface area contributed by atoms with Crippen LogP contribution in [0.15, 0.2) is 24.3 Å². The van der Waals surface area contributed by atoms with Crippen molar-refractivity contribution in [3.05, 3.63) is 35.6 Å². The van der Waals surface area contributed by atoms with E-state index < -0.39 is 0 Å². The van der Waals surface area contributed by atoms with Crippen LogP contribution in [-0.2, 0) is 4.79 Å². The van der Waals surface area contributed by atoms with Crippen LogP contribution in [0.5, 0.6) is 0 Å². The predicted octanol–water partition coefficient (Wildman–Crippen LogP) is 2.27. The van der Waals surface area contributed by atoms with Crippen molar-refractivity contribution in [2.24, 2.45) is 0 Å². The van der Waals surface area contributed by atoms with Crippen molar-refractivity contribution in [2.75, 3.05) is 0 Å². The number of carbonyl (C=O) groups is 1. The number of benzene rings is 1. The Balaban J connectivity index is 2.23. The minimum Gasteiger partial charge on any atom is -0.300 e. The Bertz CT molecular complexity index is 311. The summed E-state index contributed by atoms with van der Waals surface area (Å²) in [6.45, 7) is 0. The molecule has 0 heterocycles. The topological polar surface area (TPSA) is 17.1 Å². The van der Waals surface area contributed by atoms with Crippen LogP contribution in [0, 0.1) is 5.82 Å². The quantitative estimate of drug-likeness (QED) is 0.622. The zero-order valence-corrected chi connectivity index (χ0v) is 6.59. The van der Waals surface area contributed by atoms with Crippen LogP contribution < -0.4 is 0 Å². The molecule has 0 radical (unpaired) electrons. The fourth-order valence-electron chi connectivity index (χ4n) is 1.52. The Kier molecular flexibility index (Phi) is 1.68. The van der Waals surface area contributed by atoms with Gasteiger partial charge in [-0.05, 0) is 11.6 Å². The Labute approximate surface area is 70.2 Å². The second-order valence-corrected chi connectivity index (χ2v) is 3.17. The van der Waals surface area contributed by atoms with E-state index in [1.807, 2.05) is 0 Å². The van der Waals surface area contributed by atoms with Crippen LogP contribution in [0.3, 0.4) is 0 Å². The van der Waals surface area contributed by atoms with Crippen LogP contribution >= 0.6 is 0 Å². The van der Waals surface area contributed by atoms with Gasteiger partial charge in [-0.25, -0.2) is 4.39 Å². The van der Waals surface area contributed by atoms with Crippen molar-refractivity contribution in [2.45, 2.75) is 18.8 Å². The van der Waals surface area contributed by atoms with Crippen molar-refractivity contribution in [1.29, 1.82) is 0 Å². The number of hydrogen-bond acceptors (Lipinski definition) is 1. The second kappa shape index (κ2) is 2.70. The lowest BCUT2D eigenvalue weighted by molar-refractivity contribution is -0.124. The number of halogens is 1. The predicted molar refractivity (Wildman–Crippen MR) is 43.4 cm³/mol. The van der Waals surface area contributed by atoms with Gasteiger partial charge in [0.05, 0.1) is 0 Å². The minimum atomic E-state index is -0.185. The summed E-state index contributed by atoms with van der Waals surface area (Å²) in [5.41, 5.74) is 0.692. The summed E-state index contributed by atoms with van der Waals surface area (Å²) in [5.74, 6) is 0.192. The van der Waals surface area contributed by atoms with Gasteiger partial charge >= 0.3 is 0 Å². The molecule has 1 fully saturated rings. The van der Waals surface area contributed by atoms with Crippen LogP contribution in [0.1, 0.15) is 24.3 Å². The zero-order chi connectivity index (χ0) is 8.55. The van der Waals surface area contributed by atoms with E-state index in [1.54, 1.807) is 18.2 Å². The molecule has 2 heteroatoms. The summed E-state index contributed by atoms with van der Waals surface area (Å²) >= 11 is 0. The highest BCUT2D eigenvalue weighted by atomic mass is 19.1. The van der Waals surface area contributed by atoms with Gasteiger partial charge in [-0.1, -0.05) is 18.2 Å². The molecule has 0 unspecified atom stereocenters. The van der Waals surface area contributed by atoms with E-state index >= 15 is 0 Å². The molecule has 1 aliphatic rings. The van der Waals surface area contributed by atoms with Gasteiger partial charge < -0.3 is 0 Å². The molecule has 1 aromatic rings. The monoisotopic (exact) mass is 164 g/mol. The number of rotatable bonds is 1. The van der Waals surface area contributed by atoms with E-state index in [-0.39, 0.29) is 17.5 Å². The largest absolute Gasteiger partial charge is 0.300 e. The molecule has 12 heavy (non-hydrogen) atoms. The van der Waals surface area contributed by atoms with Gasteiger partial charge in [-0.15, -0.1) is 0 Å². The molecule has 0 bridgehead atoms.